The summed E-state index contributed by atoms with van der Waals surface area (Å²) in [4.78, 5) is 13.9. The Balaban J connectivity index is 2.22. The maximum atomic E-state index is 13.5. The SMILES string of the molecule is CC(C)(C)OC(=O)N1CCC[C@H]1C(O)c1ccc(F)cc1CCO. The molecule has 1 aliphatic heterocycles. The zero-order valence-electron chi connectivity index (χ0n) is 14.5. The predicted octanol–water partition coefficient (Wildman–Crippen LogP) is 2.79. The van der Waals surface area contributed by atoms with E-state index >= 15 is 0 Å². The molecule has 1 unspecified atom stereocenters. The van der Waals surface area contributed by atoms with Crippen LogP contribution in [0.15, 0.2) is 18.2 Å². The summed E-state index contributed by atoms with van der Waals surface area (Å²) in [6.07, 6.45) is 0.286. The highest BCUT2D eigenvalue weighted by Crippen LogP contribution is 2.32. The van der Waals surface area contributed by atoms with Gasteiger partial charge in [-0.15, -0.1) is 0 Å². The summed E-state index contributed by atoms with van der Waals surface area (Å²) in [7, 11) is 0. The second-order valence-corrected chi connectivity index (χ2v) is 7.14. The molecule has 24 heavy (non-hydrogen) atoms. The van der Waals surface area contributed by atoms with Gasteiger partial charge >= 0.3 is 6.09 Å². The van der Waals surface area contributed by atoms with Crippen molar-refractivity contribution in [1.82, 2.24) is 4.90 Å². The molecule has 2 N–H and O–H groups in total. The van der Waals surface area contributed by atoms with Crippen molar-refractivity contribution < 1.29 is 24.1 Å². The summed E-state index contributed by atoms with van der Waals surface area (Å²) in [6, 6.07) is 3.72. The summed E-state index contributed by atoms with van der Waals surface area (Å²) in [6.45, 7) is 5.78. The smallest absolute Gasteiger partial charge is 0.410 e. The highest BCUT2D eigenvalue weighted by atomic mass is 19.1. The van der Waals surface area contributed by atoms with E-state index in [4.69, 9.17) is 9.84 Å². The Labute approximate surface area is 142 Å². The molecule has 0 aliphatic carbocycles. The Morgan fingerprint density at radius 2 is 2.17 bits per heavy atom. The van der Waals surface area contributed by atoms with Gasteiger partial charge in [0, 0.05) is 13.2 Å². The average molecular weight is 339 g/mol. The molecule has 1 aromatic carbocycles. The third-order valence-corrected chi connectivity index (χ3v) is 4.10. The second-order valence-electron chi connectivity index (χ2n) is 7.14. The summed E-state index contributed by atoms with van der Waals surface area (Å²) >= 11 is 0. The normalized spacial score (nSPS) is 19.4. The molecule has 0 saturated carbocycles. The number of amides is 1. The minimum atomic E-state index is -0.942. The summed E-state index contributed by atoms with van der Waals surface area (Å²) in [5.74, 6) is -0.412. The number of hydrogen-bond donors (Lipinski definition) is 2. The minimum Gasteiger partial charge on any atom is -0.444 e. The van der Waals surface area contributed by atoms with Gasteiger partial charge in [0.2, 0.25) is 0 Å². The number of carbonyl (C=O) groups excluding carboxylic acids is 1. The van der Waals surface area contributed by atoms with Crippen LogP contribution in [-0.2, 0) is 11.2 Å². The molecule has 1 saturated heterocycles. The van der Waals surface area contributed by atoms with Gasteiger partial charge in [-0.25, -0.2) is 9.18 Å². The monoisotopic (exact) mass is 339 g/mol. The molecule has 2 rings (SSSR count). The topological polar surface area (TPSA) is 70.0 Å². The van der Waals surface area contributed by atoms with E-state index < -0.39 is 29.7 Å². The molecular weight excluding hydrogens is 313 g/mol. The molecule has 1 aliphatic rings. The number of nitrogens with zero attached hydrogens (tertiary/aromatic N) is 1. The molecule has 1 fully saturated rings. The number of aliphatic hydroxyl groups excluding tert-OH is 2. The van der Waals surface area contributed by atoms with Crippen LogP contribution in [-0.4, -0.2) is 46.0 Å². The number of aliphatic hydroxyl groups is 2. The van der Waals surface area contributed by atoms with Crippen LogP contribution in [0.1, 0.15) is 50.8 Å². The Morgan fingerprint density at radius 3 is 2.79 bits per heavy atom. The van der Waals surface area contributed by atoms with Crippen molar-refractivity contribution in [3.8, 4) is 0 Å². The van der Waals surface area contributed by atoms with Gasteiger partial charge in [-0.05, 0) is 63.3 Å². The number of ether oxygens (including phenoxy) is 1. The molecule has 134 valence electrons. The molecule has 2 atom stereocenters. The van der Waals surface area contributed by atoms with Gasteiger partial charge in [0.1, 0.15) is 11.4 Å². The first kappa shape index (κ1) is 18.7. The molecule has 0 aromatic heterocycles. The quantitative estimate of drug-likeness (QED) is 0.885. The van der Waals surface area contributed by atoms with E-state index in [1.54, 1.807) is 25.7 Å². The van der Waals surface area contributed by atoms with E-state index in [2.05, 4.69) is 0 Å². The Bertz CT molecular complexity index is 585. The van der Waals surface area contributed by atoms with Crippen molar-refractivity contribution >= 4 is 6.09 Å². The maximum absolute atomic E-state index is 13.5. The van der Waals surface area contributed by atoms with Crippen LogP contribution in [0.25, 0.3) is 0 Å². The van der Waals surface area contributed by atoms with E-state index in [-0.39, 0.29) is 13.0 Å². The van der Waals surface area contributed by atoms with Gasteiger partial charge in [-0.2, -0.15) is 0 Å². The van der Waals surface area contributed by atoms with Crippen molar-refractivity contribution in [2.24, 2.45) is 0 Å². The van der Waals surface area contributed by atoms with Crippen LogP contribution >= 0.6 is 0 Å². The summed E-state index contributed by atoms with van der Waals surface area (Å²) in [5, 5.41) is 19.9. The number of halogens is 1. The van der Waals surface area contributed by atoms with Crippen molar-refractivity contribution in [3.63, 3.8) is 0 Å². The van der Waals surface area contributed by atoms with Crippen LogP contribution in [0.4, 0.5) is 9.18 Å². The minimum absolute atomic E-state index is 0.135. The van der Waals surface area contributed by atoms with Crippen LogP contribution in [0.5, 0.6) is 0 Å². The van der Waals surface area contributed by atoms with Crippen LogP contribution in [0.2, 0.25) is 0 Å². The van der Waals surface area contributed by atoms with Gasteiger partial charge in [-0.1, -0.05) is 6.07 Å². The fourth-order valence-corrected chi connectivity index (χ4v) is 3.08. The average Bonchev–Trinajstić information content (AvgIpc) is 2.95. The van der Waals surface area contributed by atoms with Crippen LogP contribution < -0.4 is 0 Å². The van der Waals surface area contributed by atoms with Gasteiger partial charge < -0.3 is 19.8 Å². The second kappa shape index (κ2) is 7.49. The van der Waals surface area contributed by atoms with Crippen molar-refractivity contribution in [2.75, 3.05) is 13.2 Å². The first-order valence-electron chi connectivity index (χ1n) is 8.30. The highest BCUT2D eigenvalue weighted by Gasteiger charge is 2.37. The molecule has 1 heterocycles. The Hall–Kier alpha value is -1.66. The van der Waals surface area contributed by atoms with Gasteiger partial charge in [0.15, 0.2) is 0 Å². The molecule has 0 radical (unpaired) electrons. The predicted molar refractivity (Wildman–Crippen MR) is 88.1 cm³/mol. The number of likely N-dealkylation sites (tertiary alicyclic amines) is 1. The first-order chi connectivity index (χ1) is 11.2. The number of rotatable bonds is 4. The molecule has 1 aromatic rings. The standard InChI is InChI=1S/C18H26FNO4/c1-18(2,3)24-17(23)20-9-4-5-15(20)16(22)14-7-6-13(19)11-12(14)8-10-21/h6-7,11,15-16,21-22H,4-5,8-10H2,1-3H3/t15-,16?/m0/s1. The lowest BCUT2D eigenvalue weighted by Gasteiger charge is -2.31. The summed E-state index contributed by atoms with van der Waals surface area (Å²) in [5.41, 5.74) is 0.500. The number of carbonyl (C=O) groups is 1. The number of benzene rings is 1. The van der Waals surface area contributed by atoms with Crippen molar-refractivity contribution in [2.45, 2.75) is 57.8 Å². The van der Waals surface area contributed by atoms with Crippen LogP contribution in [0, 0.1) is 5.82 Å². The fraction of sp³-hybridized carbons (Fsp3) is 0.611. The van der Waals surface area contributed by atoms with E-state index in [9.17, 15) is 14.3 Å². The summed E-state index contributed by atoms with van der Waals surface area (Å²) < 4.78 is 18.9. The third kappa shape index (κ3) is 4.45. The van der Waals surface area contributed by atoms with Crippen LogP contribution in [0.3, 0.4) is 0 Å². The Morgan fingerprint density at radius 1 is 1.46 bits per heavy atom. The lowest BCUT2D eigenvalue weighted by Crippen LogP contribution is -2.42. The van der Waals surface area contributed by atoms with Gasteiger partial charge in [-0.3, -0.25) is 0 Å². The maximum Gasteiger partial charge on any atom is 0.410 e. The number of hydrogen-bond acceptors (Lipinski definition) is 4. The molecule has 1 amide bonds. The van der Waals surface area contributed by atoms with E-state index in [1.807, 2.05) is 0 Å². The van der Waals surface area contributed by atoms with Crippen molar-refractivity contribution in [1.29, 1.82) is 0 Å². The lowest BCUT2D eigenvalue weighted by atomic mass is 9.94. The molecule has 6 heteroatoms. The zero-order chi connectivity index (χ0) is 17.9. The third-order valence-electron chi connectivity index (χ3n) is 4.10. The largest absolute Gasteiger partial charge is 0.444 e. The van der Waals surface area contributed by atoms with Gasteiger partial charge in [0.25, 0.3) is 0 Å². The van der Waals surface area contributed by atoms with E-state index in [0.717, 1.165) is 6.42 Å². The zero-order valence-corrected chi connectivity index (χ0v) is 14.5. The van der Waals surface area contributed by atoms with E-state index in [1.165, 1.54) is 18.2 Å². The lowest BCUT2D eigenvalue weighted by molar-refractivity contribution is 0.00471. The van der Waals surface area contributed by atoms with E-state index in [0.29, 0.717) is 24.1 Å². The Kier molecular flexibility index (Phi) is 5.83. The molecule has 0 bridgehead atoms. The molecule has 0 spiro atoms. The molecular formula is C18H26FNO4. The first-order valence-corrected chi connectivity index (χ1v) is 8.30. The van der Waals surface area contributed by atoms with Gasteiger partial charge in [0.05, 0.1) is 12.1 Å². The molecule has 5 nitrogen and oxygen atoms in total. The van der Waals surface area contributed by atoms with Crippen molar-refractivity contribution in [3.05, 3.63) is 35.1 Å². The fourth-order valence-electron chi connectivity index (χ4n) is 3.08. The highest BCUT2D eigenvalue weighted by molar-refractivity contribution is 5.69.